The van der Waals surface area contributed by atoms with Crippen LogP contribution < -0.4 is 5.73 Å². The number of rotatable bonds is 1. The molecule has 0 saturated carbocycles. The number of benzene rings is 1. The van der Waals surface area contributed by atoms with Crippen LogP contribution in [-0.2, 0) is 6.54 Å². The third-order valence-corrected chi connectivity index (χ3v) is 3.12. The van der Waals surface area contributed by atoms with E-state index in [-0.39, 0.29) is 0 Å². The lowest BCUT2D eigenvalue weighted by atomic mass is 10.2. The predicted octanol–water partition coefficient (Wildman–Crippen LogP) is 2.50. The molecule has 0 atom stereocenters. The van der Waals surface area contributed by atoms with Crippen molar-refractivity contribution in [2.24, 2.45) is 0 Å². The molecule has 3 aromatic rings. The van der Waals surface area contributed by atoms with Gasteiger partial charge in [0.05, 0.1) is 11.0 Å². The van der Waals surface area contributed by atoms with E-state index in [1.807, 2.05) is 25.1 Å². The predicted molar refractivity (Wildman–Crippen MR) is 69.9 cm³/mol. The maximum atomic E-state index is 5.97. The molecular formula is C13H14N4. The average molecular weight is 226 g/mol. The molecule has 0 amide bonds. The third kappa shape index (κ3) is 1.30. The molecule has 0 radical (unpaired) electrons. The second kappa shape index (κ2) is 3.45. The van der Waals surface area contributed by atoms with Gasteiger partial charge in [0.15, 0.2) is 5.82 Å². The number of para-hydroxylation sites is 1. The number of aromatic nitrogens is 3. The van der Waals surface area contributed by atoms with Crippen molar-refractivity contribution >= 4 is 27.8 Å². The van der Waals surface area contributed by atoms with E-state index in [0.29, 0.717) is 5.82 Å². The van der Waals surface area contributed by atoms with Gasteiger partial charge in [-0.15, -0.1) is 0 Å². The Balaban J connectivity index is 2.62. The van der Waals surface area contributed by atoms with Crippen molar-refractivity contribution in [2.45, 2.75) is 20.4 Å². The zero-order chi connectivity index (χ0) is 12.0. The highest BCUT2D eigenvalue weighted by atomic mass is 15.1. The Bertz CT molecular complexity index is 712. The largest absolute Gasteiger partial charge is 0.382 e. The SMILES string of the molecule is CCn1c(C)nc2c(N)nc3ccccc3c21. The van der Waals surface area contributed by atoms with Crippen LogP contribution in [0.4, 0.5) is 5.82 Å². The molecule has 2 N–H and O–H groups in total. The zero-order valence-corrected chi connectivity index (χ0v) is 9.94. The van der Waals surface area contributed by atoms with E-state index in [0.717, 1.165) is 34.3 Å². The van der Waals surface area contributed by atoms with Crippen LogP contribution in [0.15, 0.2) is 24.3 Å². The molecule has 0 saturated heterocycles. The van der Waals surface area contributed by atoms with Crippen molar-refractivity contribution < 1.29 is 0 Å². The van der Waals surface area contributed by atoms with Crippen molar-refractivity contribution in [3.05, 3.63) is 30.1 Å². The Hall–Kier alpha value is -2.10. The molecule has 0 aliphatic carbocycles. The molecule has 2 aromatic heterocycles. The first kappa shape index (κ1) is 10.1. The van der Waals surface area contributed by atoms with Gasteiger partial charge in [-0.05, 0) is 19.9 Å². The Labute approximate surface area is 99.1 Å². The number of aryl methyl sites for hydroxylation is 2. The van der Waals surface area contributed by atoms with Crippen LogP contribution in [0.1, 0.15) is 12.7 Å². The van der Waals surface area contributed by atoms with Crippen LogP contribution in [0, 0.1) is 6.92 Å². The number of anilines is 1. The fourth-order valence-corrected chi connectivity index (χ4v) is 2.36. The smallest absolute Gasteiger partial charge is 0.152 e. The van der Waals surface area contributed by atoms with Gasteiger partial charge in [-0.1, -0.05) is 18.2 Å². The molecule has 0 aliphatic heterocycles. The fourth-order valence-electron chi connectivity index (χ4n) is 2.36. The number of nitrogens with zero attached hydrogens (tertiary/aromatic N) is 3. The Morgan fingerprint density at radius 3 is 2.76 bits per heavy atom. The highest BCUT2D eigenvalue weighted by molar-refractivity contribution is 6.06. The van der Waals surface area contributed by atoms with Crippen LogP contribution in [0.25, 0.3) is 21.9 Å². The van der Waals surface area contributed by atoms with Crippen molar-refractivity contribution in [3.8, 4) is 0 Å². The van der Waals surface area contributed by atoms with E-state index in [1.54, 1.807) is 0 Å². The van der Waals surface area contributed by atoms with Gasteiger partial charge in [0.1, 0.15) is 11.3 Å². The maximum absolute atomic E-state index is 5.97. The quantitative estimate of drug-likeness (QED) is 0.693. The van der Waals surface area contributed by atoms with Gasteiger partial charge >= 0.3 is 0 Å². The van der Waals surface area contributed by atoms with Crippen LogP contribution in [0.5, 0.6) is 0 Å². The zero-order valence-electron chi connectivity index (χ0n) is 9.94. The van der Waals surface area contributed by atoms with E-state index in [1.165, 1.54) is 0 Å². The summed E-state index contributed by atoms with van der Waals surface area (Å²) in [5.41, 5.74) is 8.79. The van der Waals surface area contributed by atoms with E-state index >= 15 is 0 Å². The normalized spacial score (nSPS) is 11.4. The van der Waals surface area contributed by atoms with Gasteiger partial charge in [0.25, 0.3) is 0 Å². The summed E-state index contributed by atoms with van der Waals surface area (Å²) in [5.74, 6) is 1.49. The molecule has 3 rings (SSSR count). The molecule has 0 unspecified atom stereocenters. The molecule has 86 valence electrons. The number of pyridine rings is 1. The van der Waals surface area contributed by atoms with E-state index < -0.39 is 0 Å². The molecule has 2 heterocycles. The minimum atomic E-state index is 0.508. The minimum Gasteiger partial charge on any atom is -0.382 e. The second-order valence-corrected chi connectivity index (χ2v) is 4.11. The van der Waals surface area contributed by atoms with Crippen molar-refractivity contribution in [1.29, 1.82) is 0 Å². The second-order valence-electron chi connectivity index (χ2n) is 4.11. The van der Waals surface area contributed by atoms with E-state index in [9.17, 15) is 0 Å². The Kier molecular flexibility index (Phi) is 2.04. The number of imidazole rings is 1. The highest BCUT2D eigenvalue weighted by Crippen LogP contribution is 2.28. The van der Waals surface area contributed by atoms with Crippen LogP contribution in [0.3, 0.4) is 0 Å². The van der Waals surface area contributed by atoms with Crippen LogP contribution >= 0.6 is 0 Å². The molecule has 17 heavy (non-hydrogen) atoms. The van der Waals surface area contributed by atoms with Crippen LogP contribution in [-0.4, -0.2) is 14.5 Å². The first-order chi connectivity index (χ1) is 8.22. The topological polar surface area (TPSA) is 56.7 Å². The molecule has 0 bridgehead atoms. The van der Waals surface area contributed by atoms with Gasteiger partial charge in [-0.3, -0.25) is 0 Å². The van der Waals surface area contributed by atoms with E-state index in [2.05, 4.69) is 27.5 Å². The summed E-state index contributed by atoms with van der Waals surface area (Å²) in [6.07, 6.45) is 0. The lowest BCUT2D eigenvalue weighted by Gasteiger charge is -2.06. The number of hydrogen-bond donors (Lipinski definition) is 1. The Morgan fingerprint density at radius 1 is 1.24 bits per heavy atom. The van der Waals surface area contributed by atoms with Gasteiger partial charge in [-0.2, -0.15) is 0 Å². The highest BCUT2D eigenvalue weighted by Gasteiger charge is 2.13. The third-order valence-electron chi connectivity index (χ3n) is 3.12. The molecule has 4 nitrogen and oxygen atoms in total. The first-order valence-electron chi connectivity index (χ1n) is 5.73. The number of nitrogens with two attached hydrogens (primary N) is 1. The molecular weight excluding hydrogens is 212 g/mol. The summed E-state index contributed by atoms with van der Waals surface area (Å²) in [4.78, 5) is 8.90. The summed E-state index contributed by atoms with van der Waals surface area (Å²) in [6, 6.07) is 8.03. The van der Waals surface area contributed by atoms with Crippen molar-refractivity contribution in [1.82, 2.24) is 14.5 Å². The summed E-state index contributed by atoms with van der Waals surface area (Å²) in [7, 11) is 0. The molecule has 0 fully saturated rings. The van der Waals surface area contributed by atoms with Crippen molar-refractivity contribution in [3.63, 3.8) is 0 Å². The fraction of sp³-hybridized carbons (Fsp3) is 0.231. The molecule has 4 heteroatoms. The summed E-state index contributed by atoms with van der Waals surface area (Å²) in [5, 5.41) is 1.11. The average Bonchev–Trinajstić information content (AvgIpc) is 2.67. The maximum Gasteiger partial charge on any atom is 0.152 e. The number of nitrogen functional groups attached to an aromatic ring is 1. The molecule has 0 aliphatic rings. The lowest BCUT2D eigenvalue weighted by molar-refractivity contribution is 0.755. The van der Waals surface area contributed by atoms with Gasteiger partial charge in [-0.25, -0.2) is 9.97 Å². The number of fused-ring (bicyclic) bond motifs is 3. The Morgan fingerprint density at radius 2 is 2.00 bits per heavy atom. The summed E-state index contributed by atoms with van der Waals surface area (Å²) >= 11 is 0. The standard InChI is InChI=1S/C13H14N4/c1-3-17-8(2)15-11-12(17)9-6-4-5-7-10(9)16-13(11)14/h4-7H,3H2,1-2H3,(H2,14,16). The summed E-state index contributed by atoms with van der Waals surface area (Å²) in [6.45, 7) is 4.99. The lowest BCUT2D eigenvalue weighted by Crippen LogP contribution is -1.98. The van der Waals surface area contributed by atoms with Crippen molar-refractivity contribution in [2.75, 3.05) is 5.73 Å². The molecule has 1 aromatic carbocycles. The van der Waals surface area contributed by atoms with Gasteiger partial charge in [0.2, 0.25) is 0 Å². The van der Waals surface area contributed by atoms with Gasteiger partial charge in [0, 0.05) is 11.9 Å². The van der Waals surface area contributed by atoms with Gasteiger partial charge < -0.3 is 10.3 Å². The van der Waals surface area contributed by atoms with Crippen LogP contribution in [0.2, 0.25) is 0 Å². The summed E-state index contributed by atoms with van der Waals surface area (Å²) < 4.78 is 2.18. The monoisotopic (exact) mass is 226 g/mol. The minimum absolute atomic E-state index is 0.508. The number of hydrogen-bond acceptors (Lipinski definition) is 3. The van der Waals surface area contributed by atoms with E-state index in [4.69, 9.17) is 5.73 Å². The first-order valence-corrected chi connectivity index (χ1v) is 5.73. The molecule has 0 spiro atoms.